The molecule has 3 heterocycles. The highest BCUT2D eigenvalue weighted by atomic mass is 16.5. The van der Waals surface area contributed by atoms with Crippen molar-refractivity contribution >= 4 is 11.8 Å². The van der Waals surface area contributed by atoms with E-state index < -0.39 is 0 Å². The maximum Gasteiger partial charge on any atom is 0.130 e. The fraction of sp³-hybridized carbons (Fsp3) is 0.0476. The van der Waals surface area contributed by atoms with Gasteiger partial charge in [-0.2, -0.15) is 0 Å². The Balaban J connectivity index is 1.57. The van der Waals surface area contributed by atoms with Gasteiger partial charge in [0, 0.05) is 29.9 Å². The molecule has 0 radical (unpaired) electrons. The lowest BCUT2D eigenvalue weighted by atomic mass is 10.0. The number of hydrogen-bond acceptors (Lipinski definition) is 3. The summed E-state index contributed by atoms with van der Waals surface area (Å²) in [6.07, 6.45) is 9.46. The van der Waals surface area contributed by atoms with Gasteiger partial charge >= 0.3 is 0 Å². The van der Waals surface area contributed by atoms with Gasteiger partial charge < -0.3 is 9.72 Å². The summed E-state index contributed by atoms with van der Waals surface area (Å²) in [7, 11) is 0. The maximum atomic E-state index is 5.81. The van der Waals surface area contributed by atoms with Gasteiger partial charge in [-0.05, 0) is 54.1 Å². The van der Waals surface area contributed by atoms with Gasteiger partial charge in [0.15, 0.2) is 0 Å². The monoisotopic (exact) mass is 327 g/mol. The first-order chi connectivity index (χ1) is 12.4. The highest BCUT2D eigenvalue weighted by molar-refractivity contribution is 5.88. The summed E-state index contributed by atoms with van der Waals surface area (Å²) in [4.78, 5) is 12.0. The van der Waals surface area contributed by atoms with Crippen molar-refractivity contribution in [1.82, 2.24) is 9.97 Å². The van der Waals surface area contributed by atoms with Crippen LogP contribution in [-0.2, 0) is 6.61 Å². The Morgan fingerprint density at radius 3 is 2.60 bits per heavy atom. The molecule has 122 valence electrons. The summed E-state index contributed by atoms with van der Waals surface area (Å²) in [5, 5.41) is 0. The van der Waals surface area contributed by atoms with Crippen molar-refractivity contribution in [3.8, 4) is 5.75 Å². The minimum absolute atomic E-state index is 0.456. The molecule has 1 aliphatic rings. The van der Waals surface area contributed by atoms with Gasteiger partial charge in [-0.25, -0.2) is 0 Å². The lowest BCUT2D eigenvalue weighted by molar-refractivity contribution is 0.301. The number of aromatic amines is 1. The standard InChI is InChI=1S/C21H17N3O/c1-2-12-22-17(5-1)15-25-18-10-8-16(9-11-18)21(19-6-3-13-23-19)20-7-4-14-24-20/h1-14,23H,15H2. The number of H-pyrrole nitrogens is 1. The van der Waals surface area contributed by atoms with Gasteiger partial charge in [-0.3, -0.25) is 9.98 Å². The van der Waals surface area contributed by atoms with Crippen molar-refractivity contribution in [2.45, 2.75) is 6.61 Å². The van der Waals surface area contributed by atoms with E-state index in [4.69, 9.17) is 4.74 Å². The molecule has 1 aliphatic heterocycles. The van der Waals surface area contributed by atoms with Gasteiger partial charge in [0.2, 0.25) is 0 Å². The van der Waals surface area contributed by atoms with Crippen LogP contribution in [0.5, 0.6) is 5.75 Å². The van der Waals surface area contributed by atoms with Crippen LogP contribution in [0.2, 0.25) is 0 Å². The molecule has 2 aromatic heterocycles. The minimum atomic E-state index is 0.456. The van der Waals surface area contributed by atoms with E-state index in [0.29, 0.717) is 6.61 Å². The molecule has 25 heavy (non-hydrogen) atoms. The Kier molecular flexibility index (Phi) is 4.25. The van der Waals surface area contributed by atoms with Crippen LogP contribution in [0.3, 0.4) is 0 Å². The summed E-state index contributed by atoms with van der Waals surface area (Å²) in [6, 6.07) is 17.9. The van der Waals surface area contributed by atoms with E-state index in [2.05, 4.69) is 33.2 Å². The molecule has 0 unspecified atom stereocenters. The Morgan fingerprint density at radius 1 is 1.00 bits per heavy atom. The SMILES string of the molecule is C1=CC(=C(c2ccc(OCc3ccccn3)cc2)c2ccc[nH]2)N=C1. The summed E-state index contributed by atoms with van der Waals surface area (Å²) >= 11 is 0. The fourth-order valence-electron chi connectivity index (χ4n) is 2.73. The molecule has 0 bridgehead atoms. The van der Waals surface area contributed by atoms with Crippen LogP contribution in [0.15, 0.2) is 89.8 Å². The van der Waals surface area contributed by atoms with E-state index in [9.17, 15) is 0 Å². The third-order valence-corrected chi connectivity index (χ3v) is 3.93. The van der Waals surface area contributed by atoms with Crippen LogP contribution < -0.4 is 4.74 Å². The first-order valence-corrected chi connectivity index (χ1v) is 8.12. The highest BCUT2D eigenvalue weighted by Gasteiger charge is 2.12. The zero-order chi connectivity index (χ0) is 16.9. The Labute approximate surface area is 146 Å². The normalized spacial score (nSPS) is 14.7. The van der Waals surface area contributed by atoms with Crippen LogP contribution in [0.4, 0.5) is 0 Å². The Bertz CT molecular complexity index is 907. The molecule has 4 rings (SSSR count). The molecule has 0 atom stereocenters. The van der Waals surface area contributed by atoms with E-state index in [1.165, 1.54) is 0 Å². The summed E-state index contributed by atoms with van der Waals surface area (Å²) in [6.45, 7) is 0.456. The fourth-order valence-corrected chi connectivity index (χ4v) is 2.73. The quantitative estimate of drug-likeness (QED) is 0.755. The van der Waals surface area contributed by atoms with E-state index >= 15 is 0 Å². The second-order valence-electron chi connectivity index (χ2n) is 5.62. The summed E-state index contributed by atoms with van der Waals surface area (Å²) in [5.74, 6) is 0.815. The number of pyridine rings is 1. The molecular weight excluding hydrogens is 310 g/mol. The Morgan fingerprint density at radius 2 is 1.92 bits per heavy atom. The van der Waals surface area contributed by atoms with E-state index in [-0.39, 0.29) is 0 Å². The second kappa shape index (κ2) is 7.01. The zero-order valence-electron chi connectivity index (χ0n) is 13.6. The van der Waals surface area contributed by atoms with Crippen molar-refractivity contribution in [3.05, 3.63) is 102 Å². The third kappa shape index (κ3) is 3.43. The number of ether oxygens (including phenoxy) is 1. The van der Waals surface area contributed by atoms with Gasteiger partial charge in [-0.1, -0.05) is 18.2 Å². The minimum Gasteiger partial charge on any atom is -0.487 e. The number of nitrogens with one attached hydrogen (secondary N) is 1. The average Bonchev–Trinajstić information content (AvgIpc) is 3.37. The molecule has 0 amide bonds. The van der Waals surface area contributed by atoms with Crippen LogP contribution >= 0.6 is 0 Å². The largest absolute Gasteiger partial charge is 0.487 e. The molecule has 1 aromatic carbocycles. The number of hydrogen-bond donors (Lipinski definition) is 1. The topological polar surface area (TPSA) is 50.3 Å². The number of aliphatic imine (C=N–C) groups is 1. The first-order valence-electron chi connectivity index (χ1n) is 8.12. The number of allylic oxidation sites excluding steroid dienone is 2. The molecule has 3 aromatic rings. The predicted molar refractivity (Wildman–Crippen MR) is 99.5 cm³/mol. The van der Waals surface area contributed by atoms with Crippen LogP contribution in [0.25, 0.3) is 5.57 Å². The lowest BCUT2D eigenvalue weighted by Crippen LogP contribution is -1.98. The Hall–Kier alpha value is -3.40. The van der Waals surface area contributed by atoms with Crippen LogP contribution in [0, 0.1) is 0 Å². The molecule has 0 spiro atoms. The van der Waals surface area contributed by atoms with Gasteiger partial charge in [-0.15, -0.1) is 0 Å². The molecular formula is C21H17N3O. The van der Waals surface area contributed by atoms with Crippen molar-refractivity contribution in [3.63, 3.8) is 0 Å². The molecule has 4 heteroatoms. The third-order valence-electron chi connectivity index (χ3n) is 3.93. The van der Waals surface area contributed by atoms with E-state index in [1.54, 1.807) is 6.20 Å². The molecule has 0 saturated carbocycles. The predicted octanol–water partition coefficient (Wildman–Crippen LogP) is 4.39. The number of benzene rings is 1. The summed E-state index contributed by atoms with van der Waals surface area (Å²) < 4.78 is 5.81. The van der Waals surface area contributed by atoms with Gasteiger partial charge in [0.25, 0.3) is 0 Å². The van der Waals surface area contributed by atoms with E-state index in [0.717, 1.165) is 34.0 Å². The second-order valence-corrected chi connectivity index (χ2v) is 5.62. The number of rotatable bonds is 5. The van der Waals surface area contributed by atoms with Crippen molar-refractivity contribution in [2.24, 2.45) is 4.99 Å². The molecule has 0 aliphatic carbocycles. The van der Waals surface area contributed by atoms with Crippen LogP contribution in [-0.4, -0.2) is 16.2 Å². The molecule has 0 saturated heterocycles. The van der Waals surface area contributed by atoms with Gasteiger partial charge in [0.1, 0.15) is 12.4 Å². The lowest BCUT2D eigenvalue weighted by Gasteiger charge is -2.10. The average molecular weight is 327 g/mol. The molecule has 0 fully saturated rings. The van der Waals surface area contributed by atoms with Crippen molar-refractivity contribution in [1.29, 1.82) is 0 Å². The molecule has 1 N–H and O–H groups in total. The zero-order valence-corrected chi connectivity index (χ0v) is 13.6. The number of nitrogens with zero attached hydrogens (tertiary/aromatic N) is 2. The molecule has 4 nitrogen and oxygen atoms in total. The van der Waals surface area contributed by atoms with Gasteiger partial charge in [0.05, 0.1) is 11.4 Å². The highest BCUT2D eigenvalue weighted by Crippen LogP contribution is 2.29. The number of aromatic nitrogens is 2. The smallest absolute Gasteiger partial charge is 0.130 e. The van der Waals surface area contributed by atoms with Crippen molar-refractivity contribution in [2.75, 3.05) is 0 Å². The first kappa shape index (κ1) is 15.1. The summed E-state index contributed by atoms with van der Waals surface area (Å²) in [5.41, 5.74) is 5.06. The van der Waals surface area contributed by atoms with Crippen LogP contribution in [0.1, 0.15) is 17.0 Å². The van der Waals surface area contributed by atoms with Crippen molar-refractivity contribution < 1.29 is 4.74 Å². The van der Waals surface area contributed by atoms with E-state index in [1.807, 2.05) is 61.0 Å². The maximum absolute atomic E-state index is 5.81.